The summed E-state index contributed by atoms with van der Waals surface area (Å²) in [7, 11) is 0. The second-order valence-corrected chi connectivity index (χ2v) is 6.74. The third kappa shape index (κ3) is 2.56. The van der Waals surface area contributed by atoms with Crippen molar-refractivity contribution in [3.05, 3.63) is 59.1 Å². The molecule has 2 heterocycles. The van der Waals surface area contributed by atoms with Crippen LogP contribution in [-0.4, -0.2) is 35.4 Å². The van der Waals surface area contributed by atoms with Gasteiger partial charge in [-0.25, -0.2) is 0 Å². The van der Waals surface area contributed by atoms with Crippen LogP contribution in [-0.2, 0) is 0 Å². The van der Waals surface area contributed by atoms with Crippen LogP contribution in [0.2, 0.25) is 5.02 Å². The van der Waals surface area contributed by atoms with Crippen molar-refractivity contribution in [1.82, 2.24) is 4.42 Å². The number of aliphatic hydroxyl groups is 1. The number of benzene rings is 2. The van der Waals surface area contributed by atoms with Crippen LogP contribution in [0.25, 0.3) is 0 Å². The molecule has 2 aromatic rings. The Kier molecular flexibility index (Phi) is 3.85. The minimum atomic E-state index is -0.606. The standard InChI is InChI=1S/C17H17Cl2N3O/c18-13-7-5-12(6-8-13)16(23)11-21-15-4-2-1-3-14(15)20-9-10-22(19)17(20)21/h1-8,16-17,23H,9-11H2. The third-order valence-corrected chi connectivity index (χ3v) is 5.08. The first-order chi connectivity index (χ1) is 11.1. The summed E-state index contributed by atoms with van der Waals surface area (Å²) in [5.74, 6) is 0. The molecule has 2 unspecified atom stereocenters. The summed E-state index contributed by atoms with van der Waals surface area (Å²) in [4.78, 5) is 4.44. The molecule has 4 rings (SSSR count). The SMILES string of the molecule is OC(CN1c2ccccc2N2CCN(Cl)C21)c1ccc(Cl)cc1. The van der Waals surface area contributed by atoms with Crippen LogP contribution in [0, 0.1) is 0 Å². The smallest absolute Gasteiger partial charge is 0.174 e. The number of aliphatic hydroxyl groups excluding tert-OH is 1. The number of halogens is 2. The Hall–Kier alpha value is -1.46. The summed E-state index contributed by atoms with van der Waals surface area (Å²) in [5, 5.41) is 11.3. The molecule has 0 saturated carbocycles. The highest BCUT2D eigenvalue weighted by atomic mass is 35.5. The molecule has 0 amide bonds. The lowest BCUT2D eigenvalue weighted by Crippen LogP contribution is -2.46. The Bertz CT molecular complexity index is 709. The predicted molar refractivity (Wildman–Crippen MR) is 93.9 cm³/mol. The van der Waals surface area contributed by atoms with Crippen LogP contribution in [0.1, 0.15) is 11.7 Å². The summed E-state index contributed by atoms with van der Waals surface area (Å²) in [6, 6.07) is 15.6. The quantitative estimate of drug-likeness (QED) is 0.859. The van der Waals surface area contributed by atoms with Crippen molar-refractivity contribution in [3.63, 3.8) is 0 Å². The normalized spacial score (nSPS) is 21.4. The topological polar surface area (TPSA) is 30.0 Å². The predicted octanol–water partition coefficient (Wildman–Crippen LogP) is 3.45. The molecular weight excluding hydrogens is 333 g/mol. The zero-order valence-electron chi connectivity index (χ0n) is 12.4. The van der Waals surface area contributed by atoms with E-state index in [0.717, 1.165) is 24.3 Å². The number of para-hydroxylation sites is 2. The maximum Gasteiger partial charge on any atom is 0.174 e. The average molecular weight is 350 g/mol. The van der Waals surface area contributed by atoms with E-state index in [1.54, 1.807) is 16.6 Å². The first-order valence-corrected chi connectivity index (χ1v) is 8.35. The number of β-amino-alcohol motifs (C(OH)–C–C–N with tert-alkyl or cyclic N) is 1. The summed E-state index contributed by atoms with van der Waals surface area (Å²) in [6.07, 6.45) is -0.651. The number of hydrogen-bond acceptors (Lipinski definition) is 4. The van der Waals surface area contributed by atoms with Crippen LogP contribution >= 0.6 is 23.4 Å². The zero-order chi connectivity index (χ0) is 16.0. The first kappa shape index (κ1) is 15.1. The van der Waals surface area contributed by atoms with Gasteiger partial charge < -0.3 is 14.9 Å². The average Bonchev–Trinajstić information content (AvgIpc) is 3.08. The second-order valence-electron chi connectivity index (χ2n) is 5.87. The fraction of sp³-hybridized carbons (Fsp3) is 0.294. The molecule has 2 aromatic carbocycles. The van der Waals surface area contributed by atoms with Gasteiger partial charge in [0.05, 0.1) is 24.0 Å². The van der Waals surface area contributed by atoms with Gasteiger partial charge >= 0.3 is 0 Å². The third-order valence-electron chi connectivity index (χ3n) is 4.49. The van der Waals surface area contributed by atoms with E-state index in [1.807, 2.05) is 24.3 Å². The Morgan fingerprint density at radius 3 is 2.48 bits per heavy atom. The van der Waals surface area contributed by atoms with Crippen LogP contribution in [0.5, 0.6) is 0 Å². The number of hydrogen-bond donors (Lipinski definition) is 1. The molecule has 6 heteroatoms. The van der Waals surface area contributed by atoms with E-state index in [2.05, 4.69) is 21.9 Å². The van der Waals surface area contributed by atoms with Gasteiger partial charge in [0.15, 0.2) is 6.29 Å². The van der Waals surface area contributed by atoms with Gasteiger partial charge in [-0.1, -0.05) is 35.9 Å². The summed E-state index contributed by atoms with van der Waals surface area (Å²) in [6.45, 7) is 2.16. The van der Waals surface area contributed by atoms with Gasteiger partial charge in [-0.05, 0) is 41.6 Å². The fourth-order valence-corrected chi connectivity index (χ4v) is 3.81. The molecular formula is C17H17Cl2N3O. The Morgan fingerprint density at radius 1 is 1.04 bits per heavy atom. The van der Waals surface area contributed by atoms with Gasteiger partial charge in [0.2, 0.25) is 0 Å². The maximum atomic E-state index is 10.6. The van der Waals surface area contributed by atoms with Gasteiger partial charge in [-0.3, -0.25) is 0 Å². The minimum Gasteiger partial charge on any atom is -0.387 e. The largest absolute Gasteiger partial charge is 0.387 e. The van der Waals surface area contributed by atoms with E-state index in [4.69, 9.17) is 23.4 Å². The van der Waals surface area contributed by atoms with Crippen molar-refractivity contribution >= 4 is 34.8 Å². The maximum absolute atomic E-state index is 10.6. The molecule has 23 heavy (non-hydrogen) atoms. The Labute approximate surface area is 145 Å². The second kappa shape index (κ2) is 5.87. The Morgan fingerprint density at radius 2 is 1.74 bits per heavy atom. The van der Waals surface area contributed by atoms with Crippen LogP contribution in [0.15, 0.2) is 48.5 Å². The highest BCUT2D eigenvalue weighted by Gasteiger charge is 2.43. The van der Waals surface area contributed by atoms with Crippen molar-refractivity contribution in [2.45, 2.75) is 12.4 Å². The van der Waals surface area contributed by atoms with Crippen LogP contribution in [0.4, 0.5) is 11.4 Å². The zero-order valence-corrected chi connectivity index (χ0v) is 14.0. The Balaban J connectivity index is 1.63. The molecule has 4 nitrogen and oxygen atoms in total. The highest BCUT2D eigenvalue weighted by molar-refractivity contribution is 6.30. The van der Waals surface area contributed by atoms with Gasteiger partial charge in [0.25, 0.3) is 0 Å². The van der Waals surface area contributed by atoms with Crippen LogP contribution in [0.3, 0.4) is 0 Å². The molecule has 0 bridgehead atoms. The molecule has 0 spiro atoms. The van der Waals surface area contributed by atoms with Gasteiger partial charge in [0.1, 0.15) is 0 Å². The molecule has 120 valence electrons. The van der Waals surface area contributed by atoms with Crippen molar-refractivity contribution in [2.24, 2.45) is 0 Å². The summed E-state index contributed by atoms with van der Waals surface area (Å²) < 4.78 is 1.80. The lowest BCUT2D eigenvalue weighted by Gasteiger charge is -2.31. The van der Waals surface area contributed by atoms with Gasteiger partial charge in [-0.15, -0.1) is 0 Å². The van der Waals surface area contributed by atoms with E-state index < -0.39 is 6.10 Å². The van der Waals surface area contributed by atoms with E-state index in [1.165, 1.54) is 5.69 Å². The number of rotatable bonds is 3. The fourth-order valence-electron chi connectivity index (χ4n) is 3.39. The summed E-state index contributed by atoms with van der Waals surface area (Å²) >= 11 is 12.3. The molecule has 1 N–H and O–H groups in total. The van der Waals surface area contributed by atoms with E-state index in [0.29, 0.717) is 11.6 Å². The van der Waals surface area contributed by atoms with Crippen molar-refractivity contribution in [1.29, 1.82) is 0 Å². The lowest BCUT2D eigenvalue weighted by atomic mass is 10.1. The van der Waals surface area contributed by atoms with Crippen LogP contribution < -0.4 is 9.80 Å². The summed E-state index contributed by atoms with van der Waals surface area (Å²) in [5.41, 5.74) is 3.13. The molecule has 2 aliphatic rings. The van der Waals surface area contributed by atoms with Gasteiger partial charge in [0, 0.05) is 18.1 Å². The van der Waals surface area contributed by atoms with E-state index in [-0.39, 0.29) is 6.29 Å². The minimum absolute atomic E-state index is 0.0454. The number of nitrogens with zero attached hydrogens (tertiary/aromatic N) is 3. The molecule has 2 aliphatic heterocycles. The number of anilines is 2. The molecule has 2 atom stereocenters. The molecule has 1 saturated heterocycles. The molecule has 0 radical (unpaired) electrons. The molecule has 0 aliphatic carbocycles. The lowest BCUT2D eigenvalue weighted by molar-refractivity contribution is 0.177. The van der Waals surface area contributed by atoms with Crippen molar-refractivity contribution < 1.29 is 5.11 Å². The first-order valence-electron chi connectivity index (χ1n) is 7.63. The highest BCUT2D eigenvalue weighted by Crippen LogP contribution is 2.43. The monoisotopic (exact) mass is 349 g/mol. The van der Waals surface area contributed by atoms with E-state index >= 15 is 0 Å². The van der Waals surface area contributed by atoms with Crippen molar-refractivity contribution in [2.75, 3.05) is 29.4 Å². The van der Waals surface area contributed by atoms with Gasteiger partial charge in [-0.2, -0.15) is 4.42 Å². The number of fused-ring (bicyclic) bond motifs is 3. The van der Waals surface area contributed by atoms with E-state index in [9.17, 15) is 5.11 Å². The molecule has 0 aromatic heterocycles. The molecule has 1 fully saturated rings. The van der Waals surface area contributed by atoms with Crippen molar-refractivity contribution in [3.8, 4) is 0 Å².